The van der Waals surface area contributed by atoms with E-state index < -0.39 is 0 Å². The molecule has 2 unspecified atom stereocenters. The SMILES string of the molecule is C#CC(CC)NC(=O)CC(C)CC(C)(C)C. The average molecular weight is 223 g/mol. The van der Waals surface area contributed by atoms with Crippen molar-refractivity contribution in [2.45, 2.75) is 59.9 Å². The lowest BCUT2D eigenvalue weighted by Crippen LogP contribution is -2.34. The number of carbonyl (C=O) groups excluding carboxylic acids is 1. The van der Waals surface area contributed by atoms with Gasteiger partial charge in [-0.1, -0.05) is 40.5 Å². The molecule has 0 aromatic carbocycles. The summed E-state index contributed by atoms with van der Waals surface area (Å²) in [5, 5.41) is 2.86. The highest BCUT2D eigenvalue weighted by Crippen LogP contribution is 2.25. The highest BCUT2D eigenvalue weighted by Gasteiger charge is 2.18. The summed E-state index contributed by atoms with van der Waals surface area (Å²) in [6.07, 6.45) is 7.70. The Morgan fingerprint density at radius 3 is 2.38 bits per heavy atom. The molecule has 0 rings (SSSR count). The van der Waals surface area contributed by atoms with Crippen LogP contribution in [0.15, 0.2) is 0 Å². The number of hydrogen-bond donors (Lipinski definition) is 1. The maximum atomic E-state index is 11.7. The molecule has 0 aliphatic rings. The van der Waals surface area contributed by atoms with Gasteiger partial charge in [0.25, 0.3) is 0 Å². The molecule has 0 aromatic heterocycles. The van der Waals surface area contributed by atoms with Gasteiger partial charge in [0.1, 0.15) is 0 Å². The van der Waals surface area contributed by atoms with Crippen LogP contribution in [0.3, 0.4) is 0 Å². The minimum Gasteiger partial charge on any atom is -0.342 e. The van der Waals surface area contributed by atoms with Crippen molar-refractivity contribution in [2.75, 3.05) is 0 Å². The number of nitrogens with one attached hydrogen (secondary N) is 1. The summed E-state index contributed by atoms with van der Waals surface area (Å²) >= 11 is 0. The van der Waals surface area contributed by atoms with E-state index in [0.29, 0.717) is 12.3 Å². The van der Waals surface area contributed by atoms with Crippen LogP contribution in [-0.4, -0.2) is 11.9 Å². The molecule has 1 amide bonds. The third-order valence-corrected chi connectivity index (χ3v) is 2.44. The summed E-state index contributed by atoms with van der Waals surface area (Å²) in [4.78, 5) is 11.7. The lowest BCUT2D eigenvalue weighted by Gasteiger charge is -2.23. The van der Waals surface area contributed by atoms with Crippen molar-refractivity contribution in [2.24, 2.45) is 11.3 Å². The molecule has 0 aliphatic heterocycles. The number of terminal acetylenes is 1. The summed E-state index contributed by atoms with van der Waals surface area (Å²) in [6, 6.07) is -0.116. The van der Waals surface area contributed by atoms with E-state index in [1.807, 2.05) is 6.92 Å². The van der Waals surface area contributed by atoms with Gasteiger partial charge >= 0.3 is 0 Å². The van der Waals surface area contributed by atoms with E-state index in [1.54, 1.807) is 0 Å². The highest BCUT2D eigenvalue weighted by atomic mass is 16.1. The molecule has 0 saturated carbocycles. The Morgan fingerprint density at radius 1 is 1.44 bits per heavy atom. The van der Waals surface area contributed by atoms with E-state index in [2.05, 4.69) is 38.9 Å². The molecule has 0 fully saturated rings. The van der Waals surface area contributed by atoms with E-state index in [0.717, 1.165) is 12.8 Å². The molecule has 92 valence electrons. The van der Waals surface area contributed by atoms with Gasteiger partial charge in [0, 0.05) is 6.42 Å². The van der Waals surface area contributed by atoms with Gasteiger partial charge in [0.2, 0.25) is 5.91 Å². The zero-order chi connectivity index (χ0) is 12.8. The first-order valence-electron chi connectivity index (χ1n) is 6.04. The molecule has 2 nitrogen and oxygen atoms in total. The summed E-state index contributed by atoms with van der Waals surface area (Å²) in [7, 11) is 0. The largest absolute Gasteiger partial charge is 0.342 e. The molecule has 1 N–H and O–H groups in total. The number of rotatable bonds is 5. The van der Waals surface area contributed by atoms with Crippen molar-refractivity contribution < 1.29 is 4.79 Å². The second kappa shape index (κ2) is 6.58. The quantitative estimate of drug-likeness (QED) is 0.713. The standard InChI is InChI=1S/C14H25NO/c1-7-12(8-2)15-13(16)9-11(3)10-14(4,5)6/h1,11-12H,8-10H2,2-6H3,(H,15,16). The molecule has 2 heteroatoms. The Morgan fingerprint density at radius 2 is 2.00 bits per heavy atom. The second-order valence-corrected chi connectivity index (χ2v) is 5.77. The van der Waals surface area contributed by atoms with E-state index >= 15 is 0 Å². The van der Waals surface area contributed by atoms with Crippen molar-refractivity contribution >= 4 is 5.91 Å². The van der Waals surface area contributed by atoms with Crippen molar-refractivity contribution in [3.8, 4) is 12.3 Å². The van der Waals surface area contributed by atoms with E-state index in [1.165, 1.54) is 0 Å². The molecule has 0 aromatic rings. The van der Waals surface area contributed by atoms with Crippen molar-refractivity contribution in [1.29, 1.82) is 0 Å². The van der Waals surface area contributed by atoms with Crippen LogP contribution < -0.4 is 5.32 Å². The molecule has 0 saturated heterocycles. The fourth-order valence-electron chi connectivity index (χ4n) is 1.95. The van der Waals surface area contributed by atoms with E-state index in [-0.39, 0.29) is 17.4 Å². The zero-order valence-electron chi connectivity index (χ0n) is 11.3. The van der Waals surface area contributed by atoms with Crippen LogP contribution in [0.25, 0.3) is 0 Å². The van der Waals surface area contributed by atoms with Gasteiger partial charge in [0.05, 0.1) is 6.04 Å². The molecule has 0 aliphatic carbocycles. The predicted molar refractivity (Wildman–Crippen MR) is 68.9 cm³/mol. The van der Waals surface area contributed by atoms with Crippen molar-refractivity contribution in [3.05, 3.63) is 0 Å². The van der Waals surface area contributed by atoms with Crippen LogP contribution in [0.4, 0.5) is 0 Å². The van der Waals surface area contributed by atoms with Gasteiger partial charge in [0.15, 0.2) is 0 Å². The number of hydrogen-bond acceptors (Lipinski definition) is 1. The molecule has 16 heavy (non-hydrogen) atoms. The third kappa shape index (κ3) is 7.34. The monoisotopic (exact) mass is 223 g/mol. The van der Waals surface area contributed by atoms with Gasteiger partial charge in [-0.15, -0.1) is 6.42 Å². The molecular weight excluding hydrogens is 198 g/mol. The Hall–Kier alpha value is -0.970. The van der Waals surface area contributed by atoms with Crippen molar-refractivity contribution in [3.63, 3.8) is 0 Å². The first-order chi connectivity index (χ1) is 7.28. The molecule has 0 radical (unpaired) electrons. The lowest BCUT2D eigenvalue weighted by molar-refractivity contribution is -0.122. The minimum atomic E-state index is -0.116. The summed E-state index contributed by atoms with van der Waals surface area (Å²) in [5.41, 5.74) is 0.274. The first kappa shape index (κ1) is 15.0. The highest BCUT2D eigenvalue weighted by molar-refractivity contribution is 5.76. The van der Waals surface area contributed by atoms with Gasteiger partial charge in [-0.2, -0.15) is 0 Å². The van der Waals surface area contributed by atoms with Crippen LogP contribution in [0.1, 0.15) is 53.9 Å². The summed E-state index contributed by atoms with van der Waals surface area (Å²) < 4.78 is 0. The summed E-state index contributed by atoms with van der Waals surface area (Å²) in [5.74, 6) is 3.04. The maximum absolute atomic E-state index is 11.7. The molecule has 0 spiro atoms. The molecule has 0 bridgehead atoms. The molecule has 2 atom stereocenters. The van der Waals surface area contributed by atoms with Gasteiger partial charge in [-0.25, -0.2) is 0 Å². The Labute approximate surface area is 100 Å². The van der Waals surface area contributed by atoms with Gasteiger partial charge in [-0.3, -0.25) is 4.79 Å². The normalized spacial score (nSPS) is 15.0. The Bertz CT molecular complexity index is 257. The smallest absolute Gasteiger partial charge is 0.221 e. The van der Waals surface area contributed by atoms with Crippen LogP contribution in [0.5, 0.6) is 0 Å². The lowest BCUT2D eigenvalue weighted by atomic mass is 9.84. The number of carbonyl (C=O) groups is 1. The predicted octanol–water partition coefficient (Wildman–Crippen LogP) is 2.98. The summed E-state index contributed by atoms with van der Waals surface area (Å²) in [6.45, 7) is 10.7. The van der Waals surface area contributed by atoms with Crippen LogP contribution in [-0.2, 0) is 4.79 Å². The first-order valence-corrected chi connectivity index (χ1v) is 6.04. The molecular formula is C14H25NO. The Balaban J connectivity index is 4.01. The van der Waals surface area contributed by atoms with Gasteiger partial charge < -0.3 is 5.32 Å². The zero-order valence-corrected chi connectivity index (χ0v) is 11.3. The van der Waals surface area contributed by atoms with Gasteiger partial charge in [-0.05, 0) is 24.2 Å². The number of amides is 1. The van der Waals surface area contributed by atoms with Crippen LogP contribution in [0, 0.1) is 23.7 Å². The van der Waals surface area contributed by atoms with Crippen LogP contribution >= 0.6 is 0 Å². The fraction of sp³-hybridized carbons (Fsp3) is 0.786. The minimum absolute atomic E-state index is 0.0709. The van der Waals surface area contributed by atoms with Crippen LogP contribution in [0.2, 0.25) is 0 Å². The third-order valence-electron chi connectivity index (χ3n) is 2.44. The second-order valence-electron chi connectivity index (χ2n) is 5.77. The average Bonchev–Trinajstić information content (AvgIpc) is 2.10. The maximum Gasteiger partial charge on any atom is 0.221 e. The topological polar surface area (TPSA) is 29.1 Å². The molecule has 0 heterocycles. The van der Waals surface area contributed by atoms with E-state index in [9.17, 15) is 4.79 Å². The van der Waals surface area contributed by atoms with Crippen molar-refractivity contribution in [1.82, 2.24) is 5.32 Å². The Kier molecular flexibility index (Phi) is 6.18. The van der Waals surface area contributed by atoms with E-state index in [4.69, 9.17) is 6.42 Å². The fourth-order valence-corrected chi connectivity index (χ4v) is 1.95.